The third-order valence-corrected chi connectivity index (χ3v) is 4.26. The summed E-state index contributed by atoms with van der Waals surface area (Å²) >= 11 is 6.36. The van der Waals surface area contributed by atoms with Crippen LogP contribution in [0, 0.1) is 12.8 Å². The van der Waals surface area contributed by atoms with Gasteiger partial charge < -0.3 is 4.57 Å². The zero-order chi connectivity index (χ0) is 15.7. The topological polar surface area (TPSA) is 35.6 Å². The molecule has 0 amide bonds. The molecule has 0 fully saturated rings. The van der Waals surface area contributed by atoms with Crippen molar-refractivity contribution in [2.45, 2.75) is 65.3 Å². The molecule has 2 aromatic heterocycles. The van der Waals surface area contributed by atoms with Crippen molar-refractivity contribution in [1.82, 2.24) is 19.3 Å². The highest BCUT2D eigenvalue weighted by Gasteiger charge is 2.23. The van der Waals surface area contributed by atoms with E-state index in [9.17, 15) is 0 Å². The number of nitrogens with zero attached hydrogens (tertiary/aromatic N) is 4. The van der Waals surface area contributed by atoms with Gasteiger partial charge in [-0.25, -0.2) is 4.98 Å². The number of imidazole rings is 1. The Bertz CT molecular complexity index is 609. The van der Waals surface area contributed by atoms with Gasteiger partial charge in [0.15, 0.2) is 5.65 Å². The first-order valence-electron chi connectivity index (χ1n) is 7.88. The molecular formula is C16H27ClN4. The molecule has 2 aromatic rings. The van der Waals surface area contributed by atoms with Crippen molar-refractivity contribution < 1.29 is 0 Å². The lowest BCUT2D eigenvalue weighted by Crippen LogP contribution is -2.13. The summed E-state index contributed by atoms with van der Waals surface area (Å²) in [5, 5.41) is 4.40. The van der Waals surface area contributed by atoms with Crippen molar-refractivity contribution in [3.8, 4) is 0 Å². The second kappa shape index (κ2) is 6.39. The second-order valence-corrected chi connectivity index (χ2v) is 7.17. The van der Waals surface area contributed by atoms with Gasteiger partial charge in [0.05, 0.1) is 11.1 Å². The number of hydrogen-bond donors (Lipinski definition) is 0. The first kappa shape index (κ1) is 16.3. The van der Waals surface area contributed by atoms with Crippen molar-refractivity contribution in [3.63, 3.8) is 0 Å². The predicted octanol–water partition coefficient (Wildman–Crippen LogP) is 4.77. The molecule has 0 radical (unpaired) electrons. The summed E-state index contributed by atoms with van der Waals surface area (Å²) in [5.41, 5.74) is 3.04. The van der Waals surface area contributed by atoms with Crippen LogP contribution in [0.25, 0.3) is 11.2 Å². The standard InChI is InChI=1S/C16H27ClN4/c1-10(2)8-7-9-11(3)21-15(12(4)17)18-14-13(5)19-20(6)16(14)21/h10-12H,7-9H2,1-6H3. The van der Waals surface area contributed by atoms with Crippen LogP contribution in [-0.2, 0) is 7.05 Å². The smallest absolute Gasteiger partial charge is 0.158 e. The highest BCUT2D eigenvalue weighted by atomic mass is 35.5. The van der Waals surface area contributed by atoms with Crippen molar-refractivity contribution >= 4 is 22.8 Å². The molecule has 0 saturated heterocycles. The fourth-order valence-electron chi connectivity index (χ4n) is 2.98. The molecule has 118 valence electrons. The number of alkyl halides is 1. The van der Waals surface area contributed by atoms with Crippen molar-refractivity contribution in [1.29, 1.82) is 0 Å². The largest absolute Gasteiger partial charge is 0.309 e. The van der Waals surface area contributed by atoms with E-state index in [0.29, 0.717) is 6.04 Å². The summed E-state index contributed by atoms with van der Waals surface area (Å²) in [5.74, 6) is 1.71. The van der Waals surface area contributed by atoms with Gasteiger partial charge >= 0.3 is 0 Å². The van der Waals surface area contributed by atoms with Gasteiger partial charge in [0.25, 0.3) is 0 Å². The molecule has 4 nitrogen and oxygen atoms in total. The van der Waals surface area contributed by atoms with E-state index in [1.807, 2.05) is 25.6 Å². The van der Waals surface area contributed by atoms with Crippen molar-refractivity contribution in [2.24, 2.45) is 13.0 Å². The summed E-state index contributed by atoms with van der Waals surface area (Å²) < 4.78 is 4.21. The van der Waals surface area contributed by atoms with E-state index in [0.717, 1.165) is 35.0 Å². The third kappa shape index (κ3) is 3.25. The average Bonchev–Trinajstić information content (AvgIpc) is 2.88. The summed E-state index contributed by atoms with van der Waals surface area (Å²) in [6.45, 7) is 10.8. The van der Waals surface area contributed by atoms with E-state index in [1.165, 1.54) is 12.8 Å². The lowest BCUT2D eigenvalue weighted by atomic mass is 10.0. The fourth-order valence-corrected chi connectivity index (χ4v) is 3.13. The highest BCUT2D eigenvalue weighted by molar-refractivity contribution is 6.20. The molecule has 0 saturated carbocycles. The summed E-state index contributed by atoms with van der Waals surface area (Å²) in [7, 11) is 1.98. The van der Waals surface area contributed by atoms with E-state index in [2.05, 4.69) is 30.4 Å². The third-order valence-electron chi connectivity index (χ3n) is 4.06. The van der Waals surface area contributed by atoms with Gasteiger partial charge in [-0.2, -0.15) is 5.10 Å². The maximum atomic E-state index is 6.36. The Hall–Kier alpha value is -1.03. The van der Waals surface area contributed by atoms with Gasteiger partial charge in [0.2, 0.25) is 0 Å². The zero-order valence-electron chi connectivity index (χ0n) is 14.0. The molecule has 2 rings (SSSR count). The molecule has 21 heavy (non-hydrogen) atoms. The molecule has 5 heteroatoms. The van der Waals surface area contributed by atoms with Gasteiger partial charge in [-0.1, -0.05) is 26.7 Å². The lowest BCUT2D eigenvalue weighted by molar-refractivity contribution is 0.439. The summed E-state index contributed by atoms with van der Waals surface area (Å²) in [6.07, 6.45) is 3.63. The maximum Gasteiger partial charge on any atom is 0.158 e. The van der Waals surface area contributed by atoms with E-state index in [-0.39, 0.29) is 5.38 Å². The van der Waals surface area contributed by atoms with Gasteiger partial charge in [0.1, 0.15) is 11.3 Å². The molecule has 2 atom stereocenters. The molecule has 0 aliphatic carbocycles. The van der Waals surface area contributed by atoms with Gasteiger partial charge in [-0.05, 0) is 33.1 Å². The average molecular weight is 311 g/mol. The quantitative estimate of drug-likeness (QED) is 0.721. The Morgan fingerprint density at radius 2 is 1.81 bits per heavy atom. The molecule has 0 spiro atoms. The highest BCUT2D eigenvalue weighted by Crippen LogP contribution is 2.31. The van der Waals surface area contributed by atoms with E-state index < -0.39 is 0 Å². The fraction of sp³-hybridized carbons (Fsp3) is 0.750. The SMILES string of the molecule is Cc1nn(C)c2c1nc(C(C)Cl)n2C(C)CCCC(C)C. The van der Waals surface area contributed by atoms with E-state index in [1.54, 1.807) is 0 Å². The minimum atomic E-state index is -0.0932. The predicted molar refractivity (Wildman–Crippen MR) is 88.9 cm³/mol. The van der Waals surface area contributed by atoms with Crippen LogP contribution >= 0.6 is 11.6 Å². The first-order chi connectivity index (χ1) is 9.82. The minimum absolute atomic E-state index is 0.0932. The van der Waals surface area contributed by atoms with Crippen LogP contribution in [0.4, 0.5) is 0 Å². The number of aryl methyl sites for hydroxylation is 2. The van der Waals surface area contributed by atoms with Crippen LogP contribution < -0.4 is 0 Å². The van der Waals surface area contributed by atoms with E-state index >= 15 is 0 Å². The Morgan fingerprint density at radius 3 is 2.38 bits per heavy atom. The number of rotatable bonds is 6. The second-order valence-electron chi connectivity index (χ2n) is 6.51. The lowest BCUT2D eigenvalue weighted by Gasteiger charge is -2.19. The monoisotopic (exact) mass is 310 g/mol. The number of halogens is 1. The Kier molecular flexibility index (Phi) is 4.97. The van der Waals surface area contributed by atoms with Crippen LogP contribution in [0.3, 0.4) is 0 Å². The number of aromatic nitrogens is 4. The van der Waals surface area contributed by atoms with Crippen molar-refractivity contribution in [2.75, 3.05) is 0 Å². The minimum Gasteiger partial charge on any atom is -0.309 e. The Balaban J connectivity index is 2.37. The molecule has 0 aliphatic rings. The van der Waals surface area contributed by atoms with Crippen molar-refractivity contribution in [3.05, 3.63) is 11.5 Å². The van der Waals surface area contributed by atoms with Crippen LogP contribution in [-0.4, -0.2) is 19.3 Å². The molecule has 0 aromatic carbocycles. The number of hydrogen-bond acceptors (Lipinski definition) is 2. The number of fused-ring (bicyclic) bond motifs is 1. The van der Waals surface area contributed by atoms with Gasteiger partial charge in [-0.15, -0.1) is 11.6 Å². The molecule has 0 aliphatic heterocycles. The molecule has 2 heterocycles. The van der Waals surface area contributed by atoms with Gasteiger partial charge in [-0.3, -0.25) is 4.68 Å². The molecule has 0 N–H and O–H groups in total. The van der Waals surface area contributed by atoms with Crippen LogP contribution in [0.15, 0.2) is 0 Å². The summed E-state index contributed by atoms with van der Waals surface area (Å²) in [6, 6.07) is 0.389. The maximum absolute atomic E-state index is 6.36. The van der Waals surface area contributed by atoms with E-state index in [4.69, 9.17) is 16.6 Å². The van der Waals surface area contributed by atoms with Crippen LogP contribution in [0.1, 0.15) is 69.9 Å². The molecular weight excluding hydrogens is 284 g/mol. The molecule has 2 unspecified atom stereocenters. The molecule has 0 bridgehead atoms. The normalized spacial score (nSPS) is 15.0. The first-order valence-corrected chi connectivity index (χ1v) is 8.32. The van der Waals surface area contributed by atoms with Crippen LogP contribution in [0.2, 0.25) is 0 Å². The van der Waals surface area contributed by atoms with Gasteiger partial charge in [0, 0.05) is 13.1 Å². The summed E-state index contributed by atoms with van der Waals surface area (Å²) in [4.78, 5) is 4.74. The zero-order valence-corrected chi connectivity index (χ0v) is 14.8. The Morgan fingerprint density at radius 1 is 1.14 bits per heavy atom. The van der Waals surface area contributed by atoms with Crippen LogP contribution in [0.5, 0.6) is 0 Å². The Labute approximate surface area is 132 Å².